The Hall–Kier alpha value is -2.90. The van der Waals surface area contributed by atoms with Crippen LogP contribution in [0.2, 0.25) is 0 Å². The number of methoxy groups -OCH3 is 1. The lowest BCUT2D eigenvalue weighted by Gasteiger charge is -2.33. The van der Waals surface area contributed by atoms with Crippen molar-refractivity contribution in [3.05, 3.63) is 47.5 Å². The van der Waals surface area contributed by atoms with Gasteiger partial charge in [0.05, 0.1) is 24.7 Å². The van der Waals surface area contributed by atoms with Gasteiger partial charge in [-0.05, 0) is 57.9 Å². The van der Waals surface area contributed by atoms with Crippen LogP contribution in [0.1, 0.15) is 55.6 Å². The fourth-order valence-electron chi connectivity index (χ4n) is 3.47. The molecule has 3 rings (SSSR count). The lowest BCUT2D eigenvalue weighted by Crippen LogP contribution is -2.41. The summed E-state index contributed by atoms with van der Waals surface area (Å²) < 4.78 is 25.3. The lowest BCUT2D eigenvalue weighted by molar-refractivity contribution is 0.0202. The number of aromatic nitrogens is 2. The van der Waals surface area contributed by atoms with E-state index < -0.39 is 11.6 Å². The van der Waals surface area contributed by atoms with Crippen molar-refractivity contribution in [3.8, 4) is 5.69 Å². The molecule has 29 heavy (non-hydrogen) atoms. The van der Waals surface area contributed by atoms with Crippen LogP contribution in [0, 0.1) is 5.82 Å². The molecule has 8 heteroatoms. The Morgan fingerprint density at radius 3 is 2.31 bits per heavy atom. The summed E-state index contributed by atoms with van der Waals surface area (Å²) in [6, 6.07) is 5.93. The van der Waals surface area contributed by atoms with Crippen LogP contribution in [0.3, 0.4) is 0 Å². The molecule has 156 valence electrons. The van der Waals surface area contributed by atoms with Crippen LogP contribution in [0.15, 0.2) is 30.5 Å². The third-order valence-electron chi connectivity index (χ3n) is 4.82. The average molecular weight is 403 g/mol. The second-order valence-electron chi connectivity index (χ2n) is 8.06. The Morgan fingerprint density at radius 1 is 1.14 bits per heavy atom. The molecule has 0 N–H and O–H groups in total. The van der Waals surface area contributed by atoms with Crippen molar-refractivity contribution in [2.75, 3.05) is 20.2 Å². The second-order valence-corrected chi connectivity index (χ2v) is 8.06. The number of hydrogen-bond acceptors (Lipinski definition) is 5. The van der Waals surface area contributed by atoms with Gasteiger partial charge in [-0.15, -0.1) is 0 Å². The molecule has 7 nitrogen and oxygen atoms in total. The van der Waals surface area contributed by atoms with Gasteiger partial charge in [-0.1, -0.05) is 0 Å². The molecule has 1 aromatic carbocycles. The number of ether oxygens (including phenoxy) is 2. The highest BCUT2D eigenvalue weighted by Crippen LogP contribution is 2.33. The van der Waals surface area contributed by atoms with Crippen LogP contribution in [0.4, 0.5) is 9.18 Å². The fraction of sp³-hybridized carbons (Fsp3) is 0.476. The summed E-state index contributed by atoms with van der Waals surface area (Å²) in [4.78, 5) is 26.3. The van der Waals surface area contributed by atoms with E-state index in [-0.39, 0.29) is 17.8 Å². The average Bonchev–Trinajstić information content (AvgIpc) is 3.12. The molecule has 1 fully saturated rings. The highest BCUT2D eigenvalue weighted by Gasteiger charge is 2.32. The van der Waals surface area contributed by atoms with E-state index in [0.29, 0.717) is 42.9 Å². The number of piperidine rings is 1. The number of halogens is 1. The SMILES string of the molecule is COC(=O)c1cnn(-c2ccc(F)cc2)c1C1CCN(C(=O)OC(C)(C)C)CC1. The molecule has 0 saturated carbocycles. The van der Waals surface area contributed by atoms with Gasteiger partial charge in [-0.25, -0.2) is 18.7 Å². The molecule has 2 aromatic rings. The second kappa shape index (κ2) is 8.23. The monoisotopic (exact) mass is 403 g/mol. The molecule has 0 aliphatic carbocycles. The van der Waals surface area contributed by atoms with Crippen molar-refractivity contribution in [2.45, 2.75) is 45.1 Å². The molecule has 1 saturated heterocycles. The van der Waals surface area contributed by atoms with Crippen LogP contribution < -0.4 is 0 Å². The lowest BCUT2D eigenvalue weighted by atomic mass is 9.91. The third kappa shape index (κ3) is 4.75. The molecule has 2 heterocycles. The summed E-state index contributed by atoms with van der Waals surface area (Å²) in [5.74, 6) is -0.820. The summed E-state index contributed by atoms with van der Waals surface area (Å²) >= 11 is 0. The molecule has 1 aromatic heterocycles. The van der Waals surface area contributed by atoms with Crippen molar-refractivity contribution in [1.29, 1.82) is 0 Å². The molecular weight excluding hydrogens is 377 g/mol. The maximum atomic E-state index is 13.3. The topological polar surface area (TPSA) is 73.7 Å². The smallest absolute Gasteiger partial charge is 0.410 e. The molecule has 1 aliphatic heterocycles. The number of amides is 1. The Labute approximate surface area is 169 Å². The van der Waals surface area contributed by atoms with E-state index in [1.807, 2.05) is 20.8 Å². The number of benzene rings is 1. The normalized spacial score (nSPS) is 15.3. The highest BCUT2D eigenvalue weighted by molar-refractivity contribution is 5.90. The van der Waals surface area contributed by atoms with Crippen molar-refractivity contribution in [3.63, 3.8) is 0 Å². The van der Waals surface area contributed by atoms with Gasteiger partial charge < -0.3 is 14.4 Å². The minimum Gasteiger partial charge on any atom is -0.465 e. The Bertz CT molecular complexity index is 878. The number of hydrogen-bond donors (Lipinski definition) is 0. The number of nitrogens with zero attached hydrogens (tertiary/aromatic N) is 3. The zero-order valence-electron chi connectivity index (χ0n) is 17.1. The number of carbonyl (C=O) groups is 2. The van der Waals surface area contributed by atoms with Gasteiger partial charge in [0.25, 0.3) is 0 Å². The summed E-state index contributed by atoms with van der Waals surface area (Å²) in [5.41, 5.74) is 1.21. The van der Waals surface area contributed by atoms with Crippen molar-refractivity contribution in [1.82, 2.24) is 14.7 Å². The van der Waals surface area contributed by atoms with Crippen LogP contribution in [0.5, 0.6) is 0 Å². The van der Waals surface area contributed by atoms with E-state index >= 15 is 0 Å². The third-order valence-corrected chi connectivity index (χ3v) is 4.82. The predicted molar refractivity (Wildman–Crippen MR) is 105 cm³/mol. The first-order chi connectivity index (χ1) is 13.7. The number of likely N-dealkylation sites (tertiary alicyclic amines) is 1. The van der Waals surface area contributed by atoms with E-state index in [1.54, 1.807) is 21.7 Å². The fourth-order valence-corrected chi connectivity index (χ4v) is 3.47. The van der Waals surface area contributed by atoms with Crippen LogP contribution in [-0.2, 0) is 9.47 Å². The first-order valence-electron chi connectivity index (χ1n) is 9.59. The van der Waals surface area contributed by atoms with Crippen LogP contribution in [-0.4, -0.2) is 52.5 Å². The molecule has 0 radical (unpaired) electrons. The summed E-state index contributed by atoms with van der Waals surface area (Å²) in [6.07, 6.45) is 2.44. The van der Waals surface area contributed by atoms with Crippen molar-refractivity contribution < 1.29 is 23.5 Å². The molecule has 1 amide bonds. The van der Waals surface area contributed by atoms with Gasteiger partial charge in [-0.2, -0.15) is 5.10 Å². The van der Waals surface area contributed by atoms with Gasteiger partial charge in [0.15, 0.2) is 0 Å². The Morgan fingerprint density at radius 2 is 1.76 bits per heavy atom. The Balaban J connectivity index is 1.84. The quantitative estimate of drug-likeness (QED) is 0.727. The van der Waals surface area contributed by atoms with Gasteiger partial charge in [0, 0.05) is 19.0 Å². The molecule has 0 atom stereocenters. The largest absolute Gasteiger partial charge is 0.465 e. The van der Waals surface area contributed by atoms with Gasteiger partial charge in [0.2, 0.25) is 0 Å². The minimum absolute atomic E-state index is 0.00432. The van der Waals surface area contributed by atoms with Gasteiger partial charge in [0.1, 0.15) is 17.0 Å². The predicted octanol–water partition coefficient (Wildman–Crippen LogP) is 3.91. The van der Waals surface area contributed by atoms with Crippen LogP contribution >= 0.6 is 0 Å². The maximum Gasteiger partial charge on any atom is 0.410 e. The Kier molecular flexibility index (Phi) is 5.91. The van der Waals surface area contributed by atoms with E-state index in [1.165, 1.54) is 25.4 Å². The van der Waals surface area contributed by atoms with Gasteiger partial charge >= 0.3 is 12.1 Å². The summed E-state index contributed by atoms with van der Waals surface area (Å²) in [6.45, 7) is 6.52. The van der Waals surface area contributed by atoms with Crippen LogP contribution in [0.25, 0.3) is 5.69 Å². The first kappa shape index (κ1) is 20.8. The van der Waals surface area contributed by atoms with E-state index in [4.69, 9.17) is 9.47 Å². The zero-order chi connectivity index (χ0) is 21.2. The molecule has 0 unspecified atom stereocenters. The molecule has 0 bridgehead atoms. The van der Waals surface area contributed by atoms with E-state index in [0.717, 1.165) is 0 Å². The standard InChI is InChI=1S/C21H26FN3O4/c1-21(2,3)29-20(27)24-11-9-14(10-12-24)18-17(19(26)28-4)13-23-25(18)16-7-5-15(22)6-8-16/h5-8,13-14H,9-12H2,1-4H3. The zero-order valence-corrected chi connectivity index (χ0v) is 17.1. The van der Waals surface area contributed by atoms with Crippen molar-refractivity contribution in [2.24, 2.45) is 0 Å². The van der Waals surface area contributed by atoms with Crippen molar-refractivity contribution >= 4 is 12.1 Å². The number of rotatable bonds is 3. The molecule has 0 spiro atoms. The summed E-state index contributed by atoms with van der Waals surface area (Å²) in [5, 5.41) is 4.35. The number of carbonyl (C=O) groups excluding carboxylic acids is 2. The maximum absolute atomic E-state index is 13.3. The summed E-state index contributed by atoms with van der Waals surface area (Å²) in [7, 11) is 1.33. The van der Waals surface area contributed by atoms with Gasteiger partial charge in [-0.3, -0.25) is 0 Å². The van der Waals surface area contributed by atoms with E-state index in [2.05, 4.69) is 5.10 Å². The number of esters is 1. The minimum atomic E-state index is -0.548. The first-order valence-corrected chi connectivity index (χ1v) is 9.59. The molecule has 1 aliphatic rings. The highest BCUT2D eigenvalue weighted by atomic mass is 19.1. The van der Waals surface area contributed by atoms with E-state index in [9.17, 15) is 14.0 Å². The molecular formula is C21H26FN3O4.